The van der Waals surface area contributed by atoms with Crippen molar-refractivity contribution in [2.75, 3.05) is 6.61 Å². The third kappa shape index (κ3) is 5.47. The zero-order valence-electron chi connectivity index (χ0n) is 14.1. The van der Waals surface area contributed by atoms with Gasteiger partial charge in [-0.1, -0.05) is 23.2 Å². The molecule has 0 saturated carbocycles. The summed E-state index contributed by atoms with van der Waals surface area (Å²) in [7, 11) is 0. The average Bonchev–Trinajstić information content (AvgIpc) is 2.57. The molecule has 2 rings (SSSR count). The normalized spacial score (nSPS) is 10.6. The van der Waals surface area contributed by atoms with Crippen molar-refractivity contribution in [2.45, 2.75) is 13.8 Å². The number of rotatable bonds is 6. The smallest absolute Gasteiger partial charge is 0.345 e. The monoisotopic (exact) mass is 394 g/mol. The second-order valence-electron chi connectivity index (χ2n) is 5.08. The van der Waals surface area contributed by atoms with Gasteiger partial charge < -0.3 is 9.47 Å². The second-order valence-corrected chi connectivity index (χ2v) is 5.92. The highest BCUT2D eigenvalue weighted by molar-refractivity contribution is 6.36. The largest absolute Gasteiger partial charge is 0.490 e. The minimum absolute atomic E-state index is 0.190. The average molecular weight is 395 g/mol. The van der Waals surface area contributed by atoms with Gasteiger partial charge in [0, 0.05) is 11.9 Å². The summed E-state index contributed by atoms with van der Waals surface area (Å²) in [4.78, 5) is 23.2. The fourth-order valence-electron chi connectivity index (χ4n) is 1.97. The van der Waals surface area contributed by atoms with Gasteiger partial charge in [-0.2, -0.15) is 5.10 Å². The van der Waals surface area contributed by atoms with E-state index in [4.69, 9.17) is 32.7 Å². The van der Waals surface area contributed by atoms with Gasteiger partial charge in [-0.3, -0.25) is 4.79 Å². The van der Waals surface area contributed by atoms with E-state index in [-0.39, 0.29) is 22.2 Å². The number of hydrogen-bond acceptors (Lipinski definition) is 5. The van der Waals surface area contributed by atoms with Gasteiger partial charge in [0.1, 0.15) is 0 Å². The maximum absolute atomic E-state index is 12.4. The van der Waals surface area contributed by atoms with E-state index in [1.165, 1.54) is 25.3 Å². The zero-order valence-corrected chi connectivity index (χ0v) is 15.6. The van der Waals surface area contributed by atoms with Gasteiger partial charge in [-0.15, -0.1) is 0 Å². The van der Waals surface area contributed by atoms with Crippen molar-refractivity contribution in [3.63, 3.8) is 0 Å². The molecule has 2 aromatic carbocycles. The van der Waals surface area contributed by atoms with Crippen LogP contribution in [0.15, 0.2) is 41.5 Å². The number of hydrazone groups is 1. The lowest BCUT2D eigenvalue weighted by molar-refractivity contribution is -0.118. The number of nitrogens with zero attached hydrogens (tertiary/aromatic N) is 1. The number of hydrogen-bond donors (Lipinski definition) is 1. The fourth-order valence-corrected chi connectivity index (χ4v) is 2.45. The van der Waals surface area contributed by atoms with Crippen LogP contribution in [0.3, 0.4) is 0 Å². The van der Waals surface area contributed by atoms with E-state index in [9.17, 15) is 9.59 Å². The van der Waals surface area contributed by atoms with Crippen molar-refractivity contribution in [1.29, 1.82) is 0 Å². The molecule has 0 aliphatic heterocycles. The molecule has 1 N–H and O–H groups in total. The molecule has 0 spiro atoms. The number of amides is 1. The van der Waals surface area contributed by atoms with Crippen LogP contribution in [0.2, 0.25) is 10.0 Å². The Morgan fingerprint density at radius 1 is 1.15 bits per heavy atom. The van der Waals surface area contributed by atoms with Gasteiger partial charge in [-0.25, -0.2) is 10.2 Å². The summed E-state index contributed by atoms with van der Waals surface area (Å²) in [6, 6.07) is 9.38. The van der Waals surface area contributed by atoms with Crippen molar-refractivity contribution >= 4 is 41.3 Å². The van der Waals surface area contributed by atoms with Crippen LogP contribution in [0, 0.1) is 0 Å². The van der Waals surface area contributed by atoms with Crippen LogP contribution in [0.25, 0.3) is 0 Å². The zero-order chi connectivity index (χ0) is 19.1. The van der Waals surface area contributed by atoms with Crippen molar-refractivity contribution in [3.05, 3.63) is 57.6 Å². The molecular formula is C18H16Cl2N2O4. The third-order valence-electron chi connectivity index (χ3n) is 3.06. The van der Waals surface area contributed by atoms with Crippen LogP contribution in [-0.4, -0.2) is 24.7 Å². The van der Waals surface area contributed by atoms with Gasteiger partial charge in [0.2, 0.25) is 5.91 Å². The van der Waals surface area contributed by atoms with E-state index in [1.54, 1.807) is 31.2 Å². The molecule has 0 atom stereocenters. The van der Waals surface area contributed by atoms with Crippen LogP contribution < -0.4 is 14.9 Å². The maximum Gasteiger partial charge on any atom is 0.345 e. The van der Waals surface area contributed by atoms with E-state index in [0.717, 1.165) is 0 Å². The minimum atomic E-state index is -0.632. The molecule has 0 saturated heterocycles. The quantitative estimate of drug-likeness (QED) is 0.346. The van der Waals surface area contributed by atoms with Gasteiger partial charge in [0.25, 0.3) is 0 Å². The van der Waals surface area contributed by atoms with E-state index in [0.29, 0.717) is 22.9 Å². The van der Waals surface area contributed by atoms with E-state index in [1.807, 2.05) is 0 Å². The van der Waals surface area contributed by atoms with Crippen molar-refractivity contribution in [2.24, 2.45) is 5.10 Å². The number of halogens is 2. The number of carbonyl (C=O) groups excluding carboxylic acids is 2. The molecule has 0 unspecified atom stereocenters. The standard InChI is InChI=1S/C18H16Cl2N2O4/c1-3-25-17-8-12(10-21-22-11(2)23)4-7-16(17)26-18(24)14-6-5-13(19)9-15(14)20/h4-10H,3H2,1-2H3,(H,22,23)/b21-10-. The van der Waals surface area contributed by atoms with Gasteiger partial charge in [0.05, 0.1) is 23.4 Å². The number of ether oxygens (including phenoxy) is 2. The second kappa shape index (κ2) is 9.22. The Bertz CT molecular complexity index is 853. The van der Waals surface area contributed by atoms with E-state index >= 15 is 0 Å². The van der Waals surface area contributed by atoms with Crippen molar-refractivity contribution in [1.82, 2.24) is 5.43 Å². The molecule has 0 aromatic heterocycles. The first-order chi connectivity index (χ1) is 12.4. The summed E-state index contributed by atoms with van der Waals surface area (Å²) in [5.74, 6) is -0.318. The highest BCUT2D eigenvalue weighted by Crippen LogP contribution is 2.30. The van der Waals surface area contributed by atoms with Crippen LogP contribution in [0.1, 0.15) is 29.8 Å². The molecule has 0 heterocycles. The Hall–Kier alpha value is -2.57. The lowest BCUT2D eigenvalue weighted by Gasteiger charge is -2.12. The molecule has 1 amide bonds. The van der Waals surface area contributed by atoms with Crippen LogP contribution in [0.4, 0.5) is 0 Å². The van der Waals surface area contributed by atoms with Gasteiger partial charge in [0.15, 0.2) is 11.5 Å². The summed E-state index contributed by atoms with van der Waals surface area (Å²) in [5, 5.41) is 4.40. The predicted octanol–water partition coefficient (Wildman–Crippen LogP) is 4.08. The Morgan fingerprint density at radius 3 is 2.58 bits per heavy atom. The predicted molar refractivity (Wildman–Crippen MR) is 100 cm³/mol. The lowest BCUT2D eigenvalue weighted by atomic mass is 10.2. The first-order valence-electron chi connectivity index (χ1n) is 7.64. The number of nitrogens with one attached hydrogen (secondary N) is 1. The van der Waals surface area contributed by atoms with E-state index in [2.05, 4.69) is 10.5 Å². The molecule has 8 heteroatoms. The van der Waals surface area contributed by atoms with E-state index < -0.39 is 5.97 Å². The van der Waals surface area contributed by atoms with Gasteiger partial charge in [-0.05, 0) is 48.9 Å². The molecule has 0 radical (unpaired) electrons. The molecule has 2 aromatic rings. The number of esters is 1. The minimum Gasteiger partial charge on any atom is -0.490 e. The number of benzene rings is 2. The van der Waals surface area contributed by atoms with Crippen molar-refractivity contribution < 1.29 is 19.1 Å². The Balaban J connectivity index is 2.23. The summed E-state index contributed by atoms with van der Waals surface area (Å²) in [5.41, 5.74) is 3.15. The number of carbonyl (C=O) groups is 2. The highest BCUT2D eigenvalue weighted by atomic mass is 35.5. The molecular weight excluding hydrogens is 379 g/mol. The molecule has 136 valence electrons. The molecule has 0 aliphatic carbocycles. The molecule has 0 fully saturated rings. The Labute approximate surface area is 160 Å². The lowest BCUT2D eigenvalue weighted by Crippen LogP contribution is -2.12. The Kier molecular flexibility index (Phi) is 7.00. The molecule has 6 nitrogen and oxygen atoms in total. The van der Waals surface area contributed by atoms with Crippen LogP contribution >= 0.6 is 23.2 Å². The summed E-state index contributed by atoms with van der Waals surface area (Å²) >= 11 is 11.9. The summed E-state index contributed by atoms with van der Waals surface area (Å²) < 4.78 is 10.9. The topological polar surface area (TPSA) is 77.0 Å². The molecule has 26 heavy (non-hydrogen) atoms. The third-order valence-corrected chi connectivity index (χ3v) is 3.60. The fraction of sp³-hybridized carbons (Fsp3) is 0.167. The molecule has 0 bridgehead atoms. The maximum atomic E-state index is 12.4. The molecule has 0 aliphatic rings. The first kappa shape index (κ1) is 19.8. The van der Waals surface area contributed by atoms with Gasteiger partial charge >= 0.3 is 5.97 Å². The van der Waals surface area contributed by atoms with Crippen LogP contribution in [-0.2, 0) is 4.79 Å². The first-order valence-corrected chi connectivity index (χ1v) is 8.40. The van der Waals surface area contributed by atoms with Crippen molar-refractivity contribution in [3.8, 4) is 11.5 Å². The SMILES string of the molecule is CCOc1cc(/C=N\NC(C)=O)ccc1OC(=O)c1ccc(Cl)cc1Cl. The van der Waals surface area contributed by atoms with Crippen LogP contribution in [0.5, 0.6) is 11.5 Å². The summed E-state index contributed by atoms with van der Waals surface area (Å²) in [6.07, 6.45) is 1.45. The highest BCUT2D eigenvalue weighted by Gasteiger charge is 2.16. The Morgan fingerprint density at radius 2 is 1.92 bits per heavy atom. The summed E-state index contributed by atoms with van der Waals surface area (Å²) in [6.45, 7) is 3.53.